The van der Waals surface area contributed by atoms with E-state index in [9.17, 15) is 4.79 Å². The van der Waals surface area contributed by atoms with Crippen molar-refractivity contribution in [3.63, 3.8) is 0 Å². The predicted molar refractivity (Wildman–Crippen MR) is 81.1 cm³/mol. The Morgan fingerprint density at radius 1 is 1.32 bits per heavy atom. The number of carbonyl (C=O) groups excluding carboxylic acids is 1. The van der Waals surface area contributed by atoms with Crippen LogP contribution in [-0.4, -0.2) is 28.9 Å². The Kier molecular flexibility index (Phi) is 7.60. The van der Waals surface area contributed by atoms with E-state index in [1.807, 2.05) is 32.0 Å². The standard InChI is InChI=1S/C15H23NO2S/c1-12(7-6-10-17)16-15(18)13(2)19-11-14-8-4-3-5-9-14/h3-5,8-9,12-13,17H,6-7,10-11H2,1-2H3,(H,16,18). The Bertz CT molecular complexity index is 370. The molecular weight excluding hydrogens is 258 g/mol. The Morgan fingerprint density at radius 2 is 2.00 bits per heavy atom. The second kappa shape index (κ2) is 8.99. The van der Waals surface area contributed by atoms with E-state index in [0.717, 1.165) is 18.6 Å². The number of hydrogen-bond donors (Lipinski definition) is 2. The van der Waals surface area contributed by atoms with Crippen molar-refractivity contribution in [1.82, 2.24) is 5.32 Å². The summed E-state index contributed by atoms with van der Waals surface area (Å²) in [5.41, 5.74) is 1.24. The lowest BCUT2D eigenvalue weighted by Gasteiger charge is -2.17. The summed E-state index contributed by atoms with van der Waals surface area (Å²) in [5, 5.41) is 11.7. The summed E-state index contributed by atoms with van der Waals surface area (Å²) in [4.78, 5) is 11.9. The van der Waals surface area contributed by atoms with E-state index >= 15 is 0 Å². The normalized spacial score (nSPS) is 13.8. The minimum Gasteiger partial charge on any atom is -0.396 e. The molecule has 1 rings (SSSR count). The van der Waals surface area contributed by atoms with Crippen LogP contribution in [0.15, 0.2) is 30.3 Å². The van der Waals surface area contributed by atoms with Gasteiger partial charge in [0.25, 0.3) is 0 Å². The van der Waals surface area contributed by atoms with Crippen molar-refractivity contribution in [2.75, 3.05) is 6.61 Å². The fourth-order valence-corrected chi connectivity index (χ4v) is 2.56. The van der Waals surface area contributed by atoms with Gasteiger partial charge in [-0.25, -0.2) is 0 Å². The Balaban J connectivity index is 2.28. The van der Waals surface area contributed by atoms with Gasteiger partial charge in [0.05, 0.1) is 5.25 Å². The number of carbonyl (C=O) groups is 1. The van der Waals surface area contributed by atoms with Gasteiger partial charge in [0, 0.05) is 18.4 Å². The van der Waals surface area contributed by atoms with Gasteiger partial charge < -0.3 is 10.4 Å². The first kappa shape index (κ1) is 16.1. The van der Waals surface area contributed by atoms with Gasteiger partial charge >= 0.3 is 0 Å². The minimum atomic E-state index is -0.0585. The van der Waals surface area contributed by atoms with Gasteiger partial charge in [-0.05, 0) is 32.3 Å². The molecule has 0 aliphatic rings. The van der Waals surface area contributed by atoms with Crippen LogP contribution in [0.1, 0.15) is 32.3 Å². The maximum absolute atomic E-state index is 11.9. The Morgan fingerprint density at radius 3 is 2.63 bits per heavy atom. The number of aliphatic hydroxyl groups is 1. The molecule has 0 heterocycles. The van der Waals surface area contributed by atoms with E-state index in [1.54, 1.807) is 11.8 Å². The van der Waals surface area contributed by atoms with E-state index < -0.39 is 0 Å². The van der Waals surface area contributed by atoms with E-state index in [4.69, 9.17) is 5.11 Å². The molecule has 1 amide bonds. The van der Waals surface area contributed by atoms with Crippen LogP contribution in [0.5, 0.6) is 0 Å². The molecule has 0 radical (unpaired) electrons. The molecule has 1 aromatic carbocycles. The number of aliphatic hydroxyl groups excluding tert-OH is 1. The van der Waals surface area contributed by atoms with Crippen LogP contribution >= 0.6 is 11.8 Å². The lowest BCUT2D eigenvalue weighted by molar-refractivity contribution is -0.120. The molecule has 0 spiro atoms. The van der Waals surface area contributed by atoms with Gasteiger partial charge in [-0.3, -0.25) is 4.79 Å². The second-order valence-electron chi connectivity index (χ2n) is 4.71. The van der Waals surface area contributed by atoms with Gasteiger partial charge in [0.2, 0.25) is 5.91 Å². The van der Waals surface area contributed by atoms with Crippen molar-refractivity contribution >= 4 is 17.7 Å². The zero-order valence-electron chi connectivity index (χ0n) is 11.6. The summed E-state index contributed by atoms with van der Waals surface area (Å²) in [5.74, 6) is 0.923. The number of amides is 1. The molecule has 0 aliphatic heterocycles. The fourth-order valence-electron chi connectivity index (χ4n) is 1.70. The molecule has 0 saturated heterocycles. The fraction of sp³-hybridized carbons (Fsp3) is 0.533. The summed E-state index contributed by atoms with van der Waals surface area (Å²) in [6.45, 7) is 4.09. The van der Waals surface area contributed by atoms with Crippen LogP contribution in [0, 0.1) is 0 Å². The Hall–Kier alpha value is -1.00. The third-order valence-electron chi connectivity index (χ3n) is 2.90. The zero-order chi connectivity index (χ0) is 14.1. The number of nitrogens with one attached hydrogen (secondary N) is 1. The monoisotopic (exact) mass is 281 g/mol. The van der Waals surface area contributed by atoms with Gasteiger partial charge in [-0.1, -0.05) is 30.3 Å². The Labute approximate surface area is 119 Å². The largest absolute Gasteiger partial charge is 0.396 e. The molecule has 0 aliphatic carbocycles. The van der Waals surface area contributed by atoms with Crippen molar-refractivity contribution in [2.24, 2.45) is 0 Å². The quantitative estimate of drug-likeness (QED) is 0.770. The van der Waals surface area contributed by atoms with Gasteiger partial charge in [0.15, 0.2) is 0 Å². The lowest BCUT2D eigenvalue weighted by Crippen LogP contribution is -2.37. The van der Waals surface area contributed by atoms with Gasteiger partial charge in [-0.15, -0.1) is 11.8 Å². The maximum atomic E-state index is 11.9. The van der Waals surface area contributed by atoms with Crippen LogP contribution in [-0.2, 0) is 10.5 Å². The van der Waals surface area contributed by atoms with Crippen molar-refractivity contribution in [2.45, 2.75) is 43.7 Å². The molecule has 0 aromatic heterocycles. The van der Waals surface area contributed by atoms with Gasteiger partial charge in [0.1, 0.15) is 0 Å². The third kappa shape index (κ3) is 6.64. The average Bonchev–Trinajstić information content (AvgIpc) is 2.43. The van der Waals surface area contributed by atoms with E-state index in [-0.39, 0.29) is 23.8 Å². The van der Waals surface area contributed by atoms with Crippen LogP contribution in [0.4, 0.5) is 0 Å². The lowest BCUT2D eigenvalue weighted by atomic mass is 10.2. The van der Waals surface area contributed by atoms with E-state index in [0.29, 0.717) is 0 Å². The smallest absolute Gasteiger partial charge is 0.233 e. The molecule has 1 aromatic rings. The van der Waals surface area contributed by atoms with Gasteiger partial charge in [-0.2, -0.15) is 0 Å². The number of rotatable bonds is 8. The first-order chi connectivity index (χ1) is 9.13. The van der Waals surface area contributed by atoms with E-state index in [1.165, 1.54) is 5.56 Å². The predicted octanol–water partition coefficient (Wildman–Crippen LogP) is 2.59. The maximum Gasteiger partial charge on any atom is 0.233 e. The molecule has 2 atom stereocenters. The molecule has 4 heteroatoms. The highest BCUT2D eigenvalue weighted by Gasteiger charge is 2.15. The van der Waals surface area contributed by atoms with Crippen LogP contribution in [0.3, 0.4) is 0 Å². The van der Waals surface area contributed by atoms with Crippen LogP contribution < -0.4 is 5.32 Å². The molecule has 106 valence electrons. The van der Waals surface area contributed by atoms with Crippen molar-refractivity contribution in [1.29, 1.82) is 0 Å². The van der Waals surface area contributed by atoms with Crippen LogP contribution in [0.25, 0.3) is 0 Å². The van der Waals surface area contributed by atoms with Crippen molar-refractivity contribution in [3.05, 3.63) is 35.9 Å². The minimum absolute atomic E-state index is 0.0585. The molecule has 2 N–H and O–H groups in total. The number of benzene rings is 1. The zero-order valence-corrected chi connectivity index (χ0v) is 12.5. The number of thioether (sulfide) groups is 1. The summed E-state index contributed by atoms with van der Waals surface area (Å²) in [6, 6.07) is 10.3. The van der Waals surface area contributed by atoms with Crippen molar-refractivity contribution in [3.8, 4) is 0 Å². The number of hydrogen-bond acceptors (Lipinski definition) is 3. The average molecular weight is 281 g/mol. The van der Waals surface area contributed by atoms with E-state index in [2.05, 4.69) is 17.4 Å². The van der Waals surface area contributed by atoms with Crippen molar-refractivity contribution < 1.29 is 9.90 Å². The molecule has 0 bridgehead atoms. The summed E-state index contributed by atoms with van der Waals surface area (Å²) < 4.78 is 0. The molecule has 19 heavy (non-hydrogen) atoms. The first-order valence-corrected chi connectivity index (χ1v) is 7.75. The highest BCUT2D eigenvalue weighted by Crippen LogP contribution is 2.17. The molecule has 3 nitrogen and oxygen atoms in total. The second-order valence-corrected chi connectivity index (χ2v) is 6.04. The molecule has 0 fully saturated rings. The summed E-state index contributed by atoms with van der Waals surface area (Å²) in [6.07, 6.45) is 1.55. The highest BCUT2D eigenvalue weighted by molar-refractivity contribution is 7.99. The summed E-state index contributed by atoms with van der Waals surface area (Å²) >= 11 is 1.64. The molecular formula is C15H23NO2S. The SMILES string of the molecule is CC(CCCO)NC(=O)C(C)SCc1ccccc1. The van der Waals surface area contributed by atoms with Crippen LogP contribution in [0.2, 0.25) is 0 Å². The summed E-state index contributed by atoms with van der Waals surface area (Å²) in [7, 11) is 0. The first-order valence-electron chi connectivity index (χ1n) is 6.70. The molecule has 0 saturated carbocycles. The topological polar surface area (TPSA) is 49.3 Å². The highest BCUT2D eigenvalue weighted by atomic mass is 32.2. The third-order valence-corrected chi connectivity index (χ3v) is 4.11. The molecule has 2 unspecified atom stereocenters.